The standard InChI is InChI=1S/C20H23ClN2O4S/c1-14(2)15-6-7-19(24)18(12-15)20(25)22-8-10-23(11-9-22)28(26,27)17-5-3-4-16(21)13-17/h3-7,12-14,24H,8-11H2,1-2H3. The van der Waals surface area contributed by atoms with Crippen LogP contribution in [0.3, 0.4) is 0 Å². The van der Waals surface area contributed by atoms with Crippen molar-refractivity contribution < 1.29 is 18.3 Å². The summed E-state index contributed by atoms with van der Waals surface area (Å²) in [5.41, 5.74) is 1.21. The predicted octanol–water partition coefficient (Wildman–Crippen LogP) is 3.32. The zero-order valence-corrected chi connectivity index (χ0v) is 17.4. The lowest BCUT2D eigenvalue weighted by molar-refractivity contribution is 0.0694. The Balaban J connectivity index is 1.73. The first-order valence-corrected chi connectivity index (χ1v) is 10.9. The normalized spacial score (nSPS) is 15.8. The number of carbonyl (C=O) groups is 1. The van der Waals surface area contributed by atoms with Crippen LogP contribution < -0.4 is 0 Å². The molecule has 1 heterocycles. The second kappa shape index (κ2) is 8.11. The maximum Gasteiger partial charge on any atom is 0.257 e. The topological polar surface area (TPSA) is 77.9 Å². The molecule has 0 atom stereocenters. The highest BCUT2D eigenvalue weighted by Crippen LogP contribution is 2.26. The van der Waals surface area contributed by atoms with Crippen LogP contribution in [-0.2, 0) is 10.0 Å². The number of carbonyl (C=O) groups excluding carboxylic acids is 1. The van der Waals surface area contributed by atoms with Crippen molar-refractivity contribution in [2.75, 3.05) is 26.2 Å². The second-order valence-corrected chi connectivity index (χ2v) is 9.46. The number of halogens is 1. The van der Waals surface area contributed by atoms with E-state index in [4.69, 9.17) is 11.6 Å². The summed E-state index contributed by atoms with van der Waals surface area (Å²) in [6.07, 6.45) is 0. The highest BCUT2D eigenvalue weighted by Gasteiger charge is 2.31. The molecule has 1 N–H and O–H groups in total. The number of rotatable bonds is 4. The van der Waals surface area contributed by atoms with Gasteiger partial charge in [-0.05, 0) is 41.8 Å². The lowest BCUT2D eigenvalue weighted by atomic mass is 9.99. The van der Waals surface area contributed by atoms with Gasteiger partial charge in [0.2, 0.25) is 10.0 Å². The Bertz CT molecular complexity index is 983. The summed E-state index contributed by atoms with van der Waals surface area (Å²) < 4.78 is 26.9. The molecule has 6 nitrogen and oxygen atoms in total. The zero-order chi connectivity index (χ0) is 20.5. The van der Waals surface area contributed by atoms with Crippen LogP contribution in [0.15, 0.2) is 47.4 Å². The third-order valence-corrected chi connectivity index (χ3v) is 7.01. The average Bonchev–Trinajstić information content (AvgIpc) is 2.67. The van der Waals surface area contributed by atoms with Gasteiger partial charge in [-0.1, -0.05) is 37.6 Å². The molecule has 0 saturated carbocycles. The molecule has 150 valence electrons. The molecule has 0 spiro atoms. The fourth-order valence-electron chi connectivity index (χ4n) is 3.16. The minimum Gasteiger partial charge on any atom is -0.507 e. The van der Waals surface area contributed by atoms with E-state index in [9.17, 15) is 18.3 Å². The van der Waals surface area contributed by atoms with Crippen LogP contribution in [0.4, 0.5) is 0 Å². The van der Waals surface area contributed by atoms with Crippen molar-refractivity contribution in [3.05, 3.63) is 58.6 Å². The molecule has 0 bridgehead atoms. The molecule has 0 radical (unpaired) electrons. The van der Waals surface area contributed by atoms with E-state index in [2.05, 4.69) is 0 Å². The maximum absolute atomic E-state index is 12.8. The first-order valence-electron chi connectivity index (χ1n) is 9.08. The van der Waals surface area contributed by atoms with Gasteiger partial charge < -0.3 is 10.0 Å². The molecule has 1 fully saturated rings. The van der Waals surface area contributed by atoms with Gasteiger partial charge in [0.05, 0.1) is 10.5 Å². The molecule has 1 aliphatic rings. The lowest BCUT2D eigenvalue weighted by Gasteiger charge is -2.34. The van der Waals surface area contributed by atoms with Gasteiger partial charge in [0.15, 0.2) is 0 Å². The van der Waals surface area contributed by atoms with Gasteiger partial charge in [-0.25, -0.2) is 8.42 Å². The summed E-state index contributed by atoms with van der Waals surface area (Å²) in [4.78, 5) is 14.6. The molecule has 1 amide bonds. The largest absolute Gasteiger partial charge is 0.507 e. The van der Waals surface area contributed by atoms with E-state index in [-0.39, 0.29) is 54.2 Å². The fourth-order valence-corrected chi connectivity index (χ4v) is 4.89. The van der Waals surface area contributed by atoms with E-state index in [1.54, 1.807) is 29.2 Å². The van der Waals surface area contributed by atoms with Crippen LogP contribution in [0.5, 0.6) is 5.75 Å². The smallest absolute Gasteiger partial charge is 0.257 e. The van der Waals surface area contributed by atoms with E-state index in [1.807, 2.05) is 13.8 Å². The minimum atomic E-state index is -3.66. The SMILES string of the molecule is CC(C)c1ccc(O)c(C(=O)N2CCN(S(=O)(=O)c3cccc(Cl)c3)CC2)c1. The zero-order valence-electron chi connectivity index (χ0n) is 15.8. The van der Waals surface area contributed by atoms with Gasteiger partial charge in [-0.2, -0.15) is 4.31 Å². The van der Waals surface area contributed by atoms with Gasteiger partial charge in [0, 0.05) is 31.2 Å². The number of phenols is 1. The number of benzene rings is 2. The van der Waals surface area contributed by atoms with Crippen molar-refractivity contribution >= 4 is 27.5 Å². The molecule has 3 rings (SSSR count). The molecule has 1 saturated heterocycles. The van der Waals surface area contributed by atoms with Gasteiger partial charge >= 0.3 is 0 Å². The van der Waals surface area contributed by atoms with Crippen molar-refractivity contribution in [2.24, 2.45) is 0 Å². The number of nitrogens with zero attached hydrogens (tertiary/aromatic N) is 2. The number of hydrogen-bond acceptors (Lipinski definition) is 4. The molecule has 0 aromatic heterocycles. The first-order chi connectivity index (χ1) is 13.2. The Morgan fingerprint density at radius 1 is 1.07 bits per heavy atom. The summed E-state index contributed by atoms with van der Waals surface area (Å²) in [6, 6.07) is 11.2. The molecular weight excluding hydrogens is 400 g/mol. The second-order valence-electron chi connectivity index (χ2n) is 7.08. The number of sulfonamides is 1. The highest BCUT2D eigenvalue weighted by molar-refractivity contribution is 7.89. The third kappa shape index (κ3) is 4.16. The van der Waals surface area contributed by atoms with Crippen LogP contribution in [-0.4, -0.2) is 54.8 Å². The van der Waals surface area contributed by atoms with E-state index >= 15 is 0 Å². The molecule has 0 aliphatic carbocycles. The fraction of sp³-hybridized carbons (Fsp3) is 0.350. The van der Waals surface area contributed by atoms with Crippen LogP contribution >= 0.6 is 11.6 Å². The van der Waals surface area contributed by atoms with Gasteiger partial charge in [0.1, 0.15) is 5.75 Å². The van der Waals surface area contributed by atoms with Crippen molar-refractivity contribution in [2.45, 2.75) is 24.7 Å². The molecule has 2 aromatic rings. The maximum atomic E-state index is 12.8. The average molecular weight is 423 g/mol. The van der Waals surface area contributed by atoms with E-state index in [0.717, 1.165) is 5.56 Å². The van der Waals surface area contributed by atoms with Gasteiger partial charge in [0.25, 0.3) is 5.91 Å². The Kier molecular flexibility index (Phi) is 5.98. The summed E-state index contributed by atoms with van der Waals surface area (Å²) in [7, 11) is -3.66. The van der Waals surface area contributed by atoms with Crippen LogP contribution in [0, 0.1) is 0 Å². The quantitative estimate of drug-likeness (QED) is 0.819. The van der Waals surface area contributed by atoms with E-state index < -0.39 is 10.0 Å². The van der Waals surface area contributed by atoms with E-state index in [1.165, 1.54) is 22.5 Å². The Labute approximate surface area is 170 Å². The minimum absolute atomic E-state index is 0.0663. The highest BCUT2D eigenvalue weighted by atomic mass is 35.5. The van der Waals surface area contributed by atoms with Crippen LogP contribution in [0.2, 0.25) is 5.02 Å². The predicted molar refractivity (Wildman–Crippen MR) is 108 cm³/mol. The van der Waals surface area contributed by atoms with Crippen molar-refractivity contribution in [3.63, 3.8) is 0 Å². The van der Waals surface area contributed by atoms with Crippen LogP contribution in [0.1, 0.15) is 35.7 Å². The lowest BCUT2D eigenvalue weighted by Crippen LogP contribution is -2.50. The van der Waals surface area contributed by atoms with Crippen LogP contribution in [0.25, 0.3) is 0 Å². The van der Waals surface area contributed by atoms with E-state index in [0.29, 0.717) is 5.02 Å². The molecule has 8 heteroatoms. The van der Waals surface area contributed by atoms with Crippen molar-refractivity contribution in [1.82, 2.24) is 9.21 Å². The van der Waals surface area contributed by atoms with Crippen molar-refractivity contribution in [1.29, 1.82) is 0 Å². The summed E-state index contributed by atoms with van der Waals surface area (Å²) in [6.45, 7) is 4.91. The number of amides is 1. The molecular formula is C20H23ClN2O4S. The summed E-state index contributed by atoms with van der Waals surface area (Å²) >= 11 is 5.91. The third-order valence-electron chi connectivity index (χ3n) is 4.88. The number of hydrogen-bond donors (Lipinski definition) is 1. The number of piperazine rings is 1. The Hall–Kier alpha value is -2.09. The Morgan fingerprint density at radius 2 is 1.75 bits per heavy atom. The summed E-state index contributed by atoms with van der Waals surface area (Å²) in [5, 5.41) is 10.5. The summed E-state index contributed by atoms with van der Waals surface area (Å²) in [5.74, 6) is -0.130. The number of phenolic OH excluding ortho intramolecular Hbond substituents is 1. The van der Waals surface area contributed by atoms with Gasteiger partial charge in [-0.3, -0.25) is 4.79 Å². The molecule has 2 aromatic carbocycles. The molecule has 1 aliphatic heterocycles. The number of aromatic hydroxyl groups is 1. The molecule has 28 heavy (non-hydrogen) atoms. The molecule has 0 unspecified atom stereocenters. The van der Waals surface area contributed by atoms with Crippen molar-refractivity contribution in [3.8, 4) is 5.75 Å². The monoisotopic (exact) mass is 422 g/mol. The van der Waals surface area contributed by atoms with Gasteiger partial charge in [-0.15, -0.1) is 0 Å². The first kappa shape index (κ1) is 20.6. The Morgan fingerprint density at radius 3 is 2.36 bits per heavy atom.